The number of allylic oxidation sites excluding steroid dienone is 1. The summed E-state index contributed by atoms with van der Waals surface area (Å²) < 4.78 is 0. The van der Waals surface area contributed by atoms with Crippen LogP contribution in [0.4, 0.5) is 0 Å². The third kappa shape index (κ3) is 3.05. The first-order valence-electron chi connectivity index (χ1n) is 3.60. The van der Waals surface area contributed by atoms with Crippen molar-refractivity contribution in [3.63, 3.8) is 0 Å². The third-order valence-electron chi connectivity index (χ3n) is 1.42. The van der Waals surface area contributed by atoms with E-state index in [9.17, 15) is 0 Å². The first kappa shape index (κ1) is 8.09. The van der Waals surface area contributed by atoms with Crippen LogP contribution in [0.3, 0.4) is 0 Å². The van der Waals surface area contributed by atoms with Gasteiger partial charge in [0, 0.05) is 0 Å². The topological polar surface area (TPSA) is 20.2 Å². The van der Waals surface area contributed by atoms with Gasteiger partial charge in [0.05, 0.1) is 0 Å². The Morgan fingerprint density at radius 2 is 2.00 bits per heavy atom. The van der Waals surface area contributed by atoms with Gasteiger partial charge in [0.15, 0.2) is 0 Å². The van der Waals surface area contributed by atoms with Gasteiger partial charge in [-0.25, -0.2) is 0 Å². The molecular formula is C9H10BO. The van der Waals surface area contributed by atoms with Gasteiger partial charge in [0.2, 0.25) is 0 Å². The van der Waals surface area contributed by atoms with E-state index in [1.807, 2.05) is 24.3 Å². The van der Waals surface area contributed by atoms with Crippen LogP contribution in [-0.2, 0) is 6.42 Å². The van der Waals surface area contributed by atoms with Crippen molar-refractivity contribution in [1.82, 2.24) is 0 Å². The van der Waals surface area contributed by atoms with Crippen molar-refractivity contribution >= 4 is 7.48 Å². The first-order valence-corrected chi connectivity index (χ1v) is 3.60. The summed E-state index contributed by atoms with van der Waals surface area (Å²) in [5.74, 6) is 1.63. The second-order valence-corrected chi connectivity index (χ2v) is 2.27. The Bertz CT molecular complexity index is 218. The van der Waals surface area contributed by atoms with E-state index in [2.05, 4.69) is 12.1 Å². The summed E-state index contributed by atoms with van der Waals surface area (Å²) in [5, 5.41) is 8.33. The van der Waals surface area contributed by atoms with Gasteiger partial charge in [-0.15, -0.1) is 0 Å². The van der Waals surface area contributed by atoms with E-state index in [0.717, 1.165) is 13.9 Å². The number of hydrogen-bond donors (Lipinski definition) is 1. The van der Waals surface area contributed by atoms with Crippen molar-refractivity contribution in [2.75, 3.05) is 0 Å². The van der Waals surface area contributed by atoms with Gasteiger partial charge in [-0.3, -0.25) is 0 Å². The minimum Gasteiger partial charge on any atom is -0.450 e. The van der Waals surface area contributed by atoms with Crippen molar-refractivity contribution in [3.05, 3.63) is 47.9 Å². The molecular weight excluding hydrogens is 135 g/mol. The molecule has 1 radical (unpaired) electrons. The molecule has 0 spiro atoms. The summed E-state index contributed by atoms with van der Waals surface area (Å²) in [6, 6.07) is 10.1. The van der Waals surface area contributed by atoms with Gasteiger partial charge < -0.3 is 5.02 Å². The highest BCUT2D eigenvalue weighted by molar-refractivity contribution is 6.32. The van der Waals surface area contributed by atoms with Crippen molar-refractivity contribution in [1.29, 1.82) is 0 Å². The smallest absolute Gasteiger partial charge is 0.318 e. The summed E-state index contributed by atoms with van der Waals surface area (Å²) in [4.78, 5) is 0. The molecule has 2 heteroatoms. The zero-order valence-electron chi connectivity index (χ0n) is 6.27. The molecule has 0 aromatic heterocycles. The van der Waals surface area contributed by atoms with Gasteiger partial charge in [-0.1, -0.05) is 42.4 Å². The van der Waals surface area contributed by atoms with E-state index in [-0.39, 0.29) is 0 Å². The Labute approximate surface area is 67.7 Å². The van der Waals surface area contributed by atoms with Crippen LogP contribution in [0.2, 0.25) is 0 Å². The molecule has 1 rings (SSSR count). The maximum Gasteiger partial charge on any atom is 0.318 e. The monoisotopic (exact) mass is 145 g/mol. The van der Waals surface area contributed by atoms with Crippen LogP contribution in [0, 0.1) is 0 Å². The van der Waals surface area contributed by atoms with Crippen molar-refractivity contribution in [3.8, 4) is 0 Å². The molecule has 0 atom stereocenters. The Hall–Kier alpha value is -1.02. The lowest BCUT2D eigenvalue weighted by atomic mass is 10.0. The highest BCUT2D eigenvalue weighted by Crippen LogP contribution is 1.99. The molecule has 0 heterocycles. The van der Waals surface area contributed by atoms with E-state index in [1.165, 1.54) is 5.56 Å². The van der Waals surface area contributed by atoms with Crippen LogP contribution in [0.25, 0.3) is 0 Å². The van der Waals surface area contributed by atoms with Crippen molar-refractivity contribution in [2.24, 2.45) is 0 Å². The van der Waals surface area contributed by atoms with Crippen molar-refractivity contribution in [2.45, 2.75) is 6.42 Å². The SMILES string of the molecule is O[B]/C=C/Cc1ccccc1. The lowest BCUT2D eigenvalue weighted by Crippen LogP contribution is -1.82. The lowest BCUT2D eigenvalue weighted by molar-refractivity contribution is 0.614. The van der Waals surface area contributed by atoms with Gasteiger partial charge in [0.1, 0.15) is 0 Å². The molecule has 11 heavy (non-hydrogen) atoms. The molecule has 0 aliphatic rings. The van der Waals surface area contributed by atoms with Crippen LogP contribution < -0.4 is 0 Å². The maximum atomic E-state index is 8.33. The highest BCUT2D eigenvalue weighted by Gasteiger charge is 1.84. The number of rotatable bonds is 3. The lowest BCUT2D eigenvalue weighted by Gasteiger charge is -1.92. The van der Waals surface area contributed by atoms with Crippen molar-refractivity contribution < 1.29 is 5.02 Å². The van der Waals surface area contributed by atoms with E-state index < -0.39 is 0 Å². The van der Waals surface area contributed by atoms with Gasteiger partial charge >= 0.3 is 7.48 Å². The maximum absolute atomic E-state index is 8.33. The minimum atomic E-state index is 0.873. The molecule has 0 aliphatic heterocycles. The zero-order chi connectivity index (χ0) is 7.94. The molecule has 0 amide bonds. The Kier molecular flexibility index (Phi) is 3.49. The molecule has 0 aliphatic carbocycles. The van der Waals surface area contributed by atoms with Crippen LogP contribution in [0.15, 0.2) is 42.4 Å². The number of hydrogen-bond acceptors (Lipinski definition) is 1. The molecule has 1 aromatic carbocycles. The molecule has 0 bridgehead atoms. The fraction of sp³-hybridized carbons (Fsp3) is 0.111. The summed E-state index contributed by atoms with van der Waals surface area (Å²) in [5.41, 5.74) is 1.26. The quantitative estimate of drug-likeness (QED) is 0.636. The van der Waals surface area contributed by atoms with Crippen LogP contribution in [-0.4, -0.2) is 12.5 Å². The summed E-state index contributed by atoms with van der Waals surface area (Å²) in [6.45, 7) is 0. The second kappa shape index (κ2) is 4.75. The number of benzene rings is 1. The summed E-state index contributed by atoms with van der Waals surface area (Å²) in [6.07, 6.45) is 2.78. The predicted molar refractivity (Wildman–Crippen MR) is 47.3 cm³/mol. The first-order chi connectivity index (χ1) is 5.43. The van der Waals surface area contributed by atoms with Crippen LogP contribution >= 0.6 is 0 Å². The van der Waals surface area contributed by atoms with E-state index in [4.69, 9.17) is 5.02 Å². The molecule has 0 fully saturated rings. The average molecular weight is 145 g/mol. The van der Waals surface area contributed by atoms with E-state index in [0.29, 0.717) is 0 Å². The minimum absolute atomic E-state index is 0.873. The molecule has 1 nitrogen and oxygen atoms in total. The van der Waals surface area contributed by atoms with Crippen LogP contribution in [0.5, 0.6) is 0 Å². The molecule has 1 aromatic rings. The highest BCUT2D eigenvalue weighted by atomic mass is 16.2. The standard InChI is InChI=1S/C9H10BO/c11-10-8-4-7-9-5-2-1-3-6-9/h1-6,8,11H,7H2/b8-4+. The second-order valence-electron chi connectivity index (χ2n) is 2.27. The van der Waals surface area contributed by atoms with E-state index in [1.54, 1.807) is 5.98 Å². The molecule has 1 N–H and O–H groups in total. The predicted octanol–water partition coefficient (Wildman–Crippen LogP) is 1.35. The van der Waals surface area contributed by atoms with Gasteiger partial charge in [-0.05, 0) is 12.0 Å². The molecule has 0 unspecified atom stereocenters. The largest absolute Gasteiger partial charge is 0.450 e. The zero-order valence-corrected chi connectivity index (χ0v) is 6.27. The Morgan fingerprint density at radius 3 is 2.64 bits per heavy atom. The molecule has 0 saturated carbocycles. The molecule has 55 valence electrons. The van der Waals surface area contributed by atoms with Crippen LogP contribution in [0.1, 0.15) is 5.56 Å². The fourth-order valence-corrected chi connectivity index (χ4v) is 0.879. The van der Waals surface area contributed by atoms with Gasteiger partial charge in [0.25, 0.3) is 0 Å². The Morgan fingerprint density at radius 1 is 1.27 bits per heavy atom. The fourth-order valence-electron chi connectivity index (χ4n) is 0.879. The summed E-state index contributed by atoms with van der Waals surface area (Å²) in [7, 11) is 1.04. The van der Waals surface area contributed by atoms with E-state index >= 15 is 0 Å². The molecule has 0 saturated heterocycles. The summed E-state index contributed by atoms with van der Waals surface area (Å²) >= 11 is 0. The third-order valence-corrected chi connectivity index (χ3v) is 1.42. The van der Waals surface area contributed by atoms with Gasteiger partial charge in [-0.2, -0.15) is 0 Å². The normalized spacial score (nSPS) is 10.3. The average Bonchev–Trinajstić information content (AvgIpc) is 2.07. The Balaban J connectivity index is 2.45.